The molecule has 3 rings (SSSR count). The minimum absolute atomic E-state index is 0.213. The summed E-state index contributed by atoms with van der Waals surface area (Å²) < 4.78 is 1.68. The van der Waals surface area contributed by atoms with Gasteiger partial charge in [0.1, 0.15) is 5.39 Å². The van der Waals surface area contributed by atoms with Gasteiger partial charge < -0.3 is 5.32 Å². The lowest BCUT2D eigenvalue weighted by atomic mass is 10.0. The van der Waals surface area contributed by atoms with Gasteiger partial charge in [-0.25, -0.2) is 4.68 Å². The highest BCUT2D eigenvalue weighted by Crippen LogP contribution is 2.16. The van der Waals surface area contributed by atoms with E-state index in [0.29, 0.717) is 29.4 Å². The number of hydrogen-bond donors (Lipinski definition) is 2. The summed E-state index contributed by atoms with van der Waals surface area (Å²) in [6.07, 6.45) is 5.33. The zero-order valence-corrected chi connectivity index (χ0v) is 17.0. The maximum atomic E-state index is 12.5. The quantitative estimate of drug-likeness (QED) is 0.518. The Morgan fingerprint density at radius 1 is 1.21 bits per heavy atom. The van der Waals surface area contributed by atoms with Crippen molar-refractivity contribution in [3.05, 3.63) is 72.2 Å². The molecule has 1 aromatic carbocycles. The molecule has 0 aliphatic heterocycles. The van der Waals surface area contributed by atoms with Crippen LogP contribution < -0.4 is 10.9 Å². The second kappa shape index (κ2) is 9.34. The summed E-state index contributed by atoms with van der Waals surface area (Å²) in [5, 5.41) is 8.11. The summed E-state index contributed by atoms with van der Waals surface area (Å²) in [5.74, 6) is 0.829. The summed E-state index contributed by atoms with van der Waals surface area (Å²) >= 11 is 0. The van der Waals surface area contributed by atoms with Gasteiger partial charge in [-0.15, -0.1) is 13.2 Å². The molecule has 2 N–H and O–H groups in total. The Hall–Kier alpha value is -3.19. The van der Waals surface area contributed by atoms with E-state index in [1.807, 2.05) is 42.5 Å². The highest BCUT2D eigenvalue weighted by Gasteiger charge is 2.20. The molecule has 1 unspecified atom stereocenters. The van der Waals surface area contributed by atoms with Crippen molar-refractivity contribution in [1.82, 2.24) is 24.6 Å². The number of nitrogens with one attached hydrogen (secondary N) is 2. The molecule has 0 spiro atoms. The van der Waals surface area contributed by atoms with Gasteiger partial charge in [-0.2, -0.15) is 10.1 Å². The first-order chi connectivity index (χ1) is 14.0. The van der Waals surface area contributed by atoms with Gasteiger partial charge in [0, 0.05) is 25.7 Å². The molecule has 7 heteroatoms. The normalized spacial score (nSPS) is 12.4. The summed E-state index contributed by atoms with van der Waals surface area (Å²) in [5.41, 5.74) is 1.17. The van der Waals surface area contributed by atoms with E-state index in [-0.39, 0.29) is 11.6 Å². The summed E-state index contributed by atoms with van der Waals surface area (Å²) in [6, 6.07) is 9.88. The number of hydrogen-bond acceptors (Lipinski definition) is 5. The van der Waals surface area contributed by atoms with Crippen LogP contribution in [-0.2, 0) is 0 Å². The number of benzene rings is 1. The Balaban J connectivity index is 1.88. The first kappa shape index (κ1) is 20.5. The SMILES string of the molecule is C=CCN(CC=C)C(CNc1nc2c(cnn2-c2ccccc2)c(=O)[nH]1)C(C)C. The van der Waals surface area contributed by atoms with Crippen molar-refractivity contribution in [2.45, 2.75) is 19.9 Å². The van der Waals surface area contributed by atoms with E-state index >= 15 is 0 Å². The zero-order chi connectivity index (χ0) is 20.8. The molecule has 7 nitrogen and oxygen atoms in total. The predicted molar refractivity (Wildman–Crippen MR) is 119 cm³/mol. The van der Waals surface area contributed by atoms with Gasteiger partial charge in [0.25, 0.3) is 5.56 Å². The van der Waals surface area contributed by atoms with E-state index in [4.69, 9.17) is 0 Å². The molecule has 0 saturated carbocycles. The zero-order valence-electron chi connectivity index (χ0n) is 17.0. The molecule has 0 radical (unpaired) electrons. The van der Waals surface area contributed by atoms with Crippen LogP contribution in [-0.4, -0.2) is 50.3 Å². The van der Waals surface area contributed by atoms with E-state index in [2.05, 4.69) is 52.3 Å². The van der Waals surface area contributed by atoms with Crippen LogP contribution in [0.3, 0.4) is 0 Å². The molecule has 0 fully saturated rings. The van der Waals surface area contributed by atoms with Crippen molar-refractivity contribution in [2.24, 2.45) is 5.92 Å². The Morgan fingerprint density at radius 3 is 2.52 bits per heavy atom. The van der Waals surface area contributed by atoms with Crippen LogP contribution >= 0.6 is 0 Å². The molecular weight excluding hydrogens is 364 g/mol. The first-order valence-corrected chi connectivity index (χ1v) is 9.78. The highest BCUT2D eigenvalue weighted by atomic mass is 16.1. The number of rotatable bonds is 10. The van der Waals surface area contributed by atoms with Crippen molar-refractivity contribution < 1.29 is 0 Å². The van der Waals surface area contributed by atoms with Gasteiger partial charge in [0.05, 0.1) is 11.9 Å². The van der Waals surface area contributed by atoms with E-state index in [0.717, 1.165) is 18.8 Å². The molecule has 0 saturated heterocycles. The molecule has 1 atom stereocenters. The van der Waals surface area contributed by atoms with E-state index in [1.54, 1.807) is 10.9 Å². The Morgan fingerprint density at radius 2 is 1.90 bits per heavy atom. The van der Waals surface area contributed by atoms with Crippen LogP contribution in [0.2, 0.25) is 0 Å². The van der Waals surface area contributed by atoms with Crippen molar-refractivity contribution in [2.75, 3.05) is 25.0 Å². The third-order valence-corrected chi connectivity index (χ3v) is 4.88. The van der Waals surface area contributed by atoms with Crippen LogP contribution in [0, 0.1) is 5.92 Å². The van der Waals surface area contributed by atoms with E-state index in [1.165, 1.54) is 0 Å². The van der Waals surface area contributed by atoms with Crippen LogP contribution in [0.4, 0.5) is 5.95 Å². The van der Waals surface area contributed by atoms with Crippen molar-refractivity contribution in [3.8, 4) is 5.69 Å². The topological polar surface area (TPSA) is 78.8 Å². The van der Waals surface area contributed by atoms with Gasteiger partial charge >= 0.3 is 0 Å². The lowest BCUT2D eigenvalue weighted by molar-refractivity contribution is 0.199. The molecule has 0 amide bonds. The number of fused-ring (bicyclic) bond motifs is 1. The van der Waals surface area contributed by atoms with Crippen LogP contribution in [0.1, 0.15) is 13.8 Å². The number of nitrogens with zero attached hydrogens (tertiary/aromatic N) is 4. The van der Waals surface area contributed by atoms with Gasteiger partial charge in [-0.3, -0.25) is 14.7 Å². The fourth-order valence-corrected chi connectivity index (χ4v) is 3.42. The predicted octanol–water partition coefficient (Wildman–Crippen LogP) is 3.22. The molecule has 3 aromatic rings. The second-order valence-corrected chi connectivity index (χ2v) is 7.27. The molecule has 152 valence electrons. The highest BCUT2D eigenvalue weighted by molar-refractivity contribution is 5.76. The number of aromatic amines is 1. The van der Waals surface area contributed by atoms with Gasteiger partial charge in [0.15, 0.2) is 5.65 Å². The van der Waals surface area contributed by atoms with Gasteiger partial charge in [-0.05, 0) is 18.1 Å². The minimum Gasteiger partial charge on any atom is -0.354 e. The molecule has 0 bridgehead atoms. The summed E-state index contributed by atoms with van der Waals surface area (Å²) in [6.45, 7) is 14.2. The van der Waals surface area contributed by atoms with Crippen LogP contribution in [0.5, 0.6) is 0 Å². The molecule has 2 heterocycles. The minimum atomic E-state index is -0.213. The van der Waals surface area contributed by atoms with Crippen molar-refractivity contribution in [1.29, 1.82) is 0 Å². The van der Waals surface area contributed by atoms with E-state index in [9.17, 15) is 4.79 Å². The summed E-state index contributed by atoms with van der Waals surface area (Å²) in [4.78, 5) is 22.3. The number of aromatic nitrogens is 4. The van der Waals surface area contributed by atoms with E-state index < -0.39 is 0 Å². The Labute approximate surface area is 170 Å². The number of para-hydroxylation sites is 1. The third kappa shape index (κ3) is 4.63. The molecule has 29 heavy (non-hydrogen) atoms. The second-order valence-electron chi connectivity index (χ2n) is 7.27. The lowest BCUT2D eigenvalue weighted by Crippen LogP contribution is -2.44. The average molecular weight is 393 g/mol. The molecule has 0 aliphatic carbocycles. The smallest absolute Gasteiger partial charge is 0.263 e. The standard InChI is InChI=1S/C22H28N6O/c1-5-12-27(13-6-2)19(16(3)4)15-23-22-25-20-18(21(29)26-22)14-24-28(20)17-10-8-7-9-11-17/h5-11,14,16,19H,1-2,12-13,15H2,3-4H3,(H2,23,25,26,29). The van der Waals surface area contributed by atoms with Gasteiger partial charge in [0.2, 0.25) is 5.95 Å². The van der Waals surface area contributed by atoms with Crippen LogP contribution in [0.15, 0.2) is 66.6 Å². The number of anilines is 1. The average Bonchev–Trinajstić information content (AvgIpc) is 3.13. The number of H-pyrrole nitrogens is 1. The third-order valence-electron chi connectivity index (χ3n) is 4.88. The Kier molecular flexibility index (Phi) is 6.61. The summed E-state index contributed by atoms with van der Waals surface area (Å²) in [7, 11) is 0. The fraction of sp³-hybridized carbons (Fsp3) is 0.318. The van der Waals surface area contributed by atoms with Crippen molar-refractivity contribution in [3.63, 3.8) is 0 Å². The Bertz CT molecular complexity index is 1010. The van der Waals surface area contributed by atoms with Gasteiger partial charge in [-0.1, -0.05) is 44.2 Å². The first-order valence-electron chi connectivity index (χ1n) is 9.78. The molecule has 0 aliphatic rings. The molecule has 2 aromatic heterocycles. The lowest BCUT2D eigenvalue weighted by Gasteiger charge is -2.33. The maximum Gasteiger partial charge on any atom is 0.263 e. The monoisotopic (exact) mass is 392 g/mol. The van der Waals surface area contributed by atoms with Crippen molar-refractivity contribution >= 4 is 17.0 Å². The fourth-order valence-electron chi connectivity index (χ4n) is 3.42. The largest absolute Gasteiger partial charge is 0.354 e. The maximum absolute atomic E-state index is 12.5. The van der Waals surface area contributed by atoms with Crippen LogP contribution in [0.25, 0.3) is 16.7 Å². The molecular formula is C22H28N6O.